The highest BCUT2D eigenvalue weighted by Crippen LogP contribution is 2.13. The average Bonchev–Trinajstić information content (AvgIpc) is 2.59. The first kappa shape index (κ1) is 16.0. The van der Waals surface area contributed by atoms with Crippen molar-refractivity contribution < 1.29 is 0 Å². The fourth-order valence-electron chi connectivity index (χ4n) is 2.78. The van der Waals surface area contributed by atoms with E-state index >= 15 is 0 Å². The van der Waals surface area contributed by atoms with Crippen molar-refractivity contribution in [2.24, 2.45) is 11.8 Å². The van der Waals surface area contributed by atoms with E-state index in [0.29, 0.717) is 6.04 Å². The lowest BCUT2D eigenvalue weighted by atomic mass is 9.99. The summed E-state index contributed by atoms with van der Waals surface area (Å²) in [6.45, 7) is 14.4. The Labute approximate surface area is 115 Å². The van der Waals surface area contributed by atoms with E-state index in [9.17, 15) is 0 Å². The van der Waals surface area contributed by atoms with Gasteiger partial charge in [0.15, 0.2) is 0 Å². The third kappa shape index (κ3) is 6.19. The maximum Gasteiger partial charge on any atom is 0.0220 e. The first-order chi connectivity index (χ1) is 8.63. The molecule has 0 radical (unpaired) electrons. The quantitative estimate of drug-likeness (QED) is 0.699. The first-order valence-electron chi connectivity index (χ1n) is 8.09. The highest BCUT2D eigenvalue weighted by atomic mass is 15.2. The summed E-state index contributed by atoms with van der Waals surface area (Å²) < 4.78 is 0. The number of hydrogen-bond acceptors (Lipinski definition) is 2. The standard InChI is InChI=1S/C16H34N2/c1-5-15(4)16-13-18(12-8-10-17-16)11-7-6-9-14(2)3/h14-17H,5-13H2,1-4H3. The molecule has 0 spiro atoms. The molecule has 1 fully saturated rings. The van der Waals surface area contributed by atoms with E-state index in [-0.39, 0.29) is 0 Å². The average molecular weight is 254 g/mol. The van der Waals surface area contributed by atoms with Crippen LogP contribution >= 0.6 is 0 Å². The minimum absolute atomic E-state index is 0.711. The molecule has 0 bridgehead atoms. The predicted molar refractivity (Wildman–Crippen MR) is 81.0 cm³/mol. The largest absolute Gasteiger partial charge is 0.312 e. The SMILES string of the molecule is CCC(C)C1CN(CCCCC(C)C)CCCN1. The van der Waals surface area contributed by atoms with Crippen LogP contribution < -0.4 is 5.32 Å². The third-order valence-corrected chi connectivity index (χ3v) is 4.35. The summed E-state index contributed by atoms with van der Waals surface area (Å²) in [5.74, 6) is 1.67. The second kappa shape index (κ2) is 8.92. The first-order valence-corrected chi connectivity index (χ1v) is 8.09. The molecule has 1 saturated heterocycles. The van der Waals surface area contributed by atoms with Crippen LogP contribution in [0.3, 0.4) is 0 Å². The van der Waals surface area contributed by atoms with Crippen molar-refractivity contribution in [3.05, 3.63) is 0 Å². The van der Waals surface area contributed by atoms with Gasteiger partial charge in [-0.1, -0.05) is 47.0 Å². The number of unbranched alkanes of at least 4 members (excludes halogenated alkanes) is 1. The van der Waals surface area contributed by atoms with Crippen LogP contribution in [0.15, 0.2) is 0 Å². The molecular formula is C16H34N2. The van der Waals surface area contributed by atoms with Gasteiger partial charge < -0.3 is 10.2 Å². The molecule has 2 nitrogen and oxygen atoms in total. The zero-order valence-electron chi connectivity index (χ0n) is 13.0. The maximum atomic E-state index is 3.73. The number of rotatable bonds is 7. The van der Waals surface area contributed by atoms with E-state index in [1.807, 2.05) is 0 Å². The molecule has 2 unspecified atom stereocenters. The molecule has 2 heteroatoms. The zero-order valence-corrected chi connectivity index (χ0v) is 13.0. The van der Waals surface area contributed by atoms with Crippen molar-refractivity contribution in [3.63, 3.8) is 0 Å². The summed E-state index contributed by atoms with van der Waals surface area (Å²) in [6.07, 6.45) is 6.78. The second-order valence-corrected chi connectivity index (χ2v) is 6.49. The monoisotopic (exact) mass is 254 g/mol. The van der Waals surface area contributed by atoms with Crippen LogP contribution in [0.4, 0.5) is 0 Å². The minimum atomic E-state index is 0.711. The summed E-state index contributed by atoms with van der Waals surface area (Å²) in [5, 5.41) is 3.73. The van der Waals surface area contributed by atoms with Crippen LogP contribution in [-0.2, 0) is 0 Å². The van der Waals surface area contributed by atoms with E-state index < -0.39 is 0 Å². The molecule has 0 aromatic rings. The zero-order chi connectivity index (χ0) is 13.4. The van der Waals surface area contributed by atoms with E-state index in [0.717, 1.165) is 11.8 Å². The molecule has 108 valence electrons. The lowest BCUT2D eigenvalue weighted by molar-refractivity contribution is 0.233. The van der Waals surface area contributed by atoms with Gasteiger partial charge in [0.2, 0.25) is 0 Å². The van der Waals surface area contributed by atoms with Gasteiger partial charge in [0, 0.05) is 12.6 Å². The van der Waals surface area contributed by atoms with Gasteiger partial charge in [0.1, 0.15) is 0 Å². The van der Waals surface area contributed by atoms with Crippen molar-refractivity contribution in [2.45, 2.75) is 65.8 Å². The van der Waals surface area contributed by atoms with Gasteiger partial charge in [-0.2, -0.15) is 0 Å². The third-order valence-electron chi connectivity index (χ3n) is 4.35. The van der Waals surface area contributed by atoms with Crippen molar-refractivity contribution in [1.29, 1.82) is 0 Å². The van der Waals surface area contributed by atoms with Crippen LogP contribution in [0.5, 0.6) is 0 Å². The molecule has 18 heavy (non-hydrogen) atoms. The van der Waals surface area contributed by atoms with Crippen LogP contribution in [0, 0.1) is 11.8 Å². The van der Waals surface area contributed by atoms with Gasteiger partial charge >= 0.3 is 0 Å². The van der Waals surface area contributed by atoms with Gasteiger partial charge in [-0.05, 0) is 44.3 Å². The van der Waals surface area contributed by atoms with Gasteiger partial charge in [0.25, 0.3) is 0 Å². The molecule has 1 aliphatic rings. The van der Waals surface area contributed by atoms with Crippen molar-refractivity contribution in [1.82, 2.24) is 10.2 Å². The molecule has 1 rings (SSSR count). The fraction of sp³-hybridized carbons (Fsp3) is 1.00. The van der Waals surface area contributed by atoms with Gasteiger partial charge in [-0.25, -0.2) is 0 Å². The number of nitrogens with zero attached hydrogens (tertiary/aromatic N) is 1. The highest BCUT2D eigenvalue weighted by molar-refractivity contribution is 4.80. The van der Waals surface area contributed by atoms with Crippen molar-refractivity contribution >= 4 is 0 Å². The van der Waals surface area contributed by atoms with Crippen molar-refractivity contribution in [2.75, 3.05) is 26.2 Å². The summed E-state index contributed by atoms with van der Waals surface area (Å²) in [7, 11) is 0. The maximum absolute atomic E-state index is 3.73. The van der Waals surface area contributed by atoms with Gasteiger partial charge in [-0.15, -0.1) is 0 Å². The van der Waals surface area contributed by atoms with Crippen LogP contribution in [-0.4, -0.2) is 37.1 Å². The van der Waals surface area contributed by atoms with Crippen LogP contribution in [0.25, 0.3) is 0 Å². The molecule has 0 aromatic carbocycles. The Bertz CT molecular complexity index is 203. The smallest absolute Gasteiger partial charge is 0.0220 e. The Balaban J connectivity index is 2.26. The summed E-state index contributed by atoms with van der Waals surface area (Å²) in [6, 6.07) is 0.711. The fourth-order valence-corrected chi connectivity index (χ4v) is 2.78. The predicted octanol–water partition coefficient (Wildman–Crippen LogP) is 3.52. The second-order valence-electron chi connectivity index (χ2n) is 6.49. The minimum Gasteiger partial charge on any atom is -0.312 e. The van der Waals surface area contributed by atoms with Gasteiger partial charge in [-0.3, -0.25) is 0 Å². The van der Waals surface area contributed by atoms with E-state index in [1.165, 1.54) is 58.3 Å². The molecule has 0 amide bonds. The Morgan fingerprint density at radius 3 is 2.67 bits per heavy atom. The molecule has 1 aliphatic heterocycles. The summed E-state index contributed by atoms with van der Waals surface area (Å²) >= 11 is 0. The Morgan fingerprint density at radius 2 is 2.00 bits per heavy atom. The van der Waals surface area contributed by atoms with Gasteiger partial charge in [0.05, 0.1) is 0 Å². The topological polar surface area (TPSA) is 15.3 Å². The van der Waals surface area contributed by atoms with Crippen LogP contribution in [0.2, 0.25) is 0 Å². The molecule has 2 atom stereocenters. The molecule has 1 heterocycles. The lowest BCUT2D eigenvalue weighted by Crippen LogP contribution is -2.42. The van der Waals surface area contributed by atoms with Crippen molar-refractivity contribution in [3.8, 4) is 0 Å². The van der Waals surface area contributed by atoms with E-state index in [1.54, 1.807) is 0 Å². The molecular weight excluding hydrogens is 220 g/mol. The molecule has 0 aromatic heterocycles. The lowest BCUT2D eigenvalue weighted by Gasteiger charge is -2.28. The number of nitrogens with one attached hydrogen (secondary N) is 1. The number of hydrogen-bond donors (Lipinski definition) is 1. The summed E-state index contributed by atoms with van der Waals surface area (Å²) in [4.78, 5) is 2.69. The highest BCUT2D eigenvalue weighted by Gasteiger charge is 2.21. The van der Waals surface area contributed by atoms with E-state index in [2.05, 4.69) is 37.9 Å². The van der Waals surface area contributed by atoms with Crippen LogP contribution in [0.1, 0.15) is 59.8 Å². The molecule has 0 saturated carbocycles. The normalized spacial score (nSPS) is 24.2. The Hall–Kier alpha value is -0.0800. The molecule has 1 N–H and O–H groups in total. The summed E-state index contributed by atoms with van der Waals surface area (Å²) in [5.41, 5.74) is 0. The molecule has 0 aliphatic carbocycles. The van der Waals surface area contributed by atoms with E-state index in [4.69, 9.17) is 0 Å². The Kier molecular flexibility index (Phi) is 7.92. The Morgan fingerprint density at radius 1 is 1.22 bits per heavy atom.